The minimum absolute atomic E-state index is 0.0283. The number of carboxylic acid groups (broad SMARTS) is 1. The quantitative estimate of drug-likeness (QED) is 0.720. The maximum absolute atomic E-state index is 13.4. The summed E-state index contributed by atoms with van der Waals surface area (Å²) >= 11 is 0. The average molecular weight is 398 g/mol. The van der Waals surface area contributed by atoms with Crippen LogP contribution in [0.4, 0.5) is 13.2 Å². The van der Waals surface area contributed by atoms with Gasteiger partial charge in [-0.2, -0.15) is 13.2 Å². The van der Waals surface area contributed by atoms with E-state index in [4.69, 9.17) is 0 Å². The molecule has 7 heteroatoms. The SMILES string of the molecule is C[NH+]1C/C(=C\c2ccccc2C(F)(F)F)c2nc3ccccc3c(C(=O)[O-])c2C1. The summed E-state index contributed by atoms with van der Waals surface area (Å²) in [7, 11) is 1.86. The number of rotatable bonds is 2. The van der Waals surface area contributed by atoms with Crippen molar-refractivity contribution in [3.8, 4) is 0 Å². The van der Waals surface area contributed by atoms with Gasteiger partial charge in [0.05, 0.1) is 29.8 Å². The van der Waals surface area contributed by atoms with Crippen LogP contribution in [-0.4, -0.2) is 24.5 Å². The van der Waals surface area contributed by atoms with Gasteiger partial charge < -0.3 is 14.8 Å². The fourth-order valence-corrected chi connectivity index (χ4v) is 3.88. The van der Waals surface area contributed by atoms with Gasteiger partial charge in [-0.1, -0.05) is 36.4 Å². The van der Waals surface area contributed by atoms with Gasteiger partial charge in [-0.3, -0.25) is 0 Å². The number of likely N-dealkylation sites (N-methyl/N-ethyl adjacent to an activating group) is 1. The highest BCUT2D eigenvalue weighted by molar-refractivity contribution is 6.05. The van der Waals surface area contributed by atoms with E-state index in [1.165, 1.54) is 18.2 Å². The summed E-state index contributed by atoms with van der Waals surface area (Å²) in [4.78, 5) is 17.5. The van der Waals surface area contributed by atoms with Gasteiger partial charge in [-0.05, 0) is 23.8 Å². The number of halogens is 3. The number of aromatic carboxylic acids is 1. The number of hydrogen-bond acceptors (Lipinski definition) is 3. The summed E-state index contributed by atoms with van der Waals surface area (Å²) in [5, 5.41) is 12.4. The van der Waals surface area contributed by atoms with Crippen molar-refractivity contribution < 1.29 is 28.0 Å². The number of nitrogens with one attached hydrogen (secondary N) is 1. The Hall–Kier alpha value is -3.19. The normalized spacial score (nSPS) is 18.1. The first kappa shape index (κ1) is 19.1. The Kier molecular flexibility index (Phi) is 4.62. The smallest absolute Gasteiger partial charge is 0.416 e. The highest BCUT2D eigenvalue weighted by Gasteiger charge is 2.33. The fourth-order valence-electron chi connectivity index (χ4n) is 3.88. The molecule has 0 amide bonds. The highest BCUT2D eigenvalue weighted by atomic mass is 19.4. The van der Waals surface area contributed by atoms with Crippen LogP contribution in [0.25, 0.3) is 22.6 Å². The first-order valence-corrected chi connectivity index (χ1v) is 9.07. The van der Waals surface area contributed by atoms with Crippen LogP contribution in [0.15, 0.2) is 48.5 Å². The molecule has 2 aromatic carbocycles. The van der Waals surface area contributed by atoms with Crippen molar-refractivity contribution in [3.05, 3.63) is 76.5 Å². The highest BCUT2D eigenvalue weighted by Crippen LogP contribution is 2.35. The third-order valence-corrected chi connectivity index (χ3v) is 5.07. The Bertz CT molecular complexity index is 1150. The molecule has 1 aliphatic heterocycles. The number of pyridine rings is 1. The Morgan fingerprint density at radius 2 is 1.79 bits per heavy atom. The summed E-state index contributed by atoms with van der Waals surface area (Å²) in [6.07, 6.45) is -3.03. The van der Waals surface area contributed by atoms with Gasteiger partial charge in [0.15, 0.2) is 0 Å². The summed E-state index contributed by atoms with van der Waals surface area (Å²) in [5.41, 5.74) is 1.29. The lowest BCUT2D eigenvalue weighted by Gasteiger charge is -2.27. The predicted molar refractivity (Wildman–Crippen MR) is 101 cm³/mol. The van der Waals surface area contributed by atoms with Crippen molar-refractivity contribution in [2.24, 2.45) is 0 Å². The van der Waals surface area contributed by atoms with E-state index >= 15 is 0 Å². The van der Waals surface area contributed by atoms with E-state index in [0.717, 1.165) is 11.0 Å². The Labute approximate surface area is 164 Å². The Balaban J connectivity index is 1.99. The maximum Gasteiger partial charge on any atom is 0.416 e. The van der Waals surface area contributed by atoms with Crippen LogP contribution in [0.1, 0.15) is 32.7 Å². The predicted octanol–water partition coefficient (Wildman–Crippen LogP) is 2.19. The topological polar surface area (TPSA) is 57.5 Å². The number of benzene rings is 2. The summed E-state index contributed by atoms with van der Waals surface area (Å²) < 4.78 is 40.3. The van der Waals surface area contributed by atoms with Gasteiger partial charge in [-0.15, -0.1) is 0 Å². The van der Waals surface area contributed by atoms with Gasteiger partial charge in [0.2, 0.25) is 0 Å². The Morgan fingerprint density at radius 3 is 2.52 bits per heavy atom. The number of alkyl halides is 3. The average Bonchev–Trinajstić information content (AvgIpc) is 2.65. The molecule has 29 heavy (non-hydrogen) atoms. The maximum atomic E-state index is 13.4. The zero-order chi connectivity index (χ0) is 20.8. The van der Waals surface area contributed by atoms with Crippen LogP contribution in [0.3, 0.4) is 0 Å². The first-order valence-electron chi connectivity index (χ1n) is 9.07. The lowest BCUT2D eigenvalue weighted by Crippen LogP contribution is -3.08. The van der Waals surface area contributed by atoms with Crippen LogP contribution >= 0.6 is 0 Å². The molecule has 4 rings (SSSR count). The molecule has 0 spiro atoms. The molecule has 1 aliphatic rings. The molecule has 2 heterocycles. The molecule has 0 fully saturated rings. The second-order valence-electron chi connectivity index (χ2n) is 7.18. The third-order valence-electron chi connectivity index (χ3n) is 5.07. The lowest BCUT2D eigenvalue weighted by atomic mass is 9.91. The molecular weight excluding hydrogens is 381 g/mol. The van der Waals surface area contributed by atoms with Crippen LogP contribution in [0, 0.1) is 0 Å². The van der Waals surface area contributed by atoms with Gasteiger partial charge in [0.25, 0.3) is 0 Å². The number of nitrogens with zero attached hydrogens (tertiary/aromatic N) is 1. The van der Waals surface area contributed by atoms with Gasteiger partial charge in [0.1, 0.15) is 13.1 Å². The van der Waals surface area contributed by atoms with E-state index in [-0.39, 0.29) is 11.1 Å². The number of para-hydroxylation sites is 1. The molecule has 148 valence electrons. The van der Waals surface area contributed by atoms with Crippen molar-refractivity contribution in [1.82, 2.24) is 4.98 Å². The minimum atomic E-state index is -4.49. The van der Waals surface area contributed by atoms with Gasteiger partial charge >= 0.3 is 6.18 Å². The molecule has 0 aliphatic carbocycles. The van der Waals surface area contributed by atoms with E-state index in [2.05, 4.69) is 4.98 Å². The van der Waals surface area contributed by atoms with Crippen molar-refractivity contribution in [2.45, 2.75) is 12.7 Å². The largest absolute Gasteiger partial charge is 0.545 e. The molecule has 4 nitrogen and oxygen atoms in total. The van der Waals surface area contributed by atoms with E-state index in [9.17, 15) is 23.1 Å². The number of fused-ring (bicyclic) bond motifs is 2. The molecule has 0 bridgehead atoms. The van der Waals surface area contributed by atoms with Crippen molar-refractivity contribution in [2.75, 3.05) is 13.6 Å². The van der Waals surface area contributed by atoms with E-state index in [1.54, 1.807) is 30.3 Å². The summed E-state index contributed by atoms with van der Waals surface area (Å²) in [5.74, 6) is -1.32. The van der Waals surface area contributed by atoms with Crippen LogP contribution in [0.2, 0.25) is 0 Å². The second-order valence-corrected chi connectivity index (χ2v) is 7.18. The molecule has 0 saturated carbocycles. The zero-order valence-electron chi connectivity index (χ0n) is 15.5. The second kappa shape index (κ2) is 7.00. The van der Waals surface area contributed by atoms with Crippen LogP contribution < -0.4 is 10.0 Å². The summed E-state index contributed by atoms with van der Waals surface area (Å²) in [6, 6.07) is 12.1. The molecule has 1 N–H and O–H groups in total. The first-order chi connectivity index (χ1) is 13.8. The van der Waals surface area contributed by atoms with E-state index < -0.39 is 17.7 Å². The molecule has 1 aromatic heterocycles. The van der Waals surface area contributed by atoms with Crippen LogP contribution in [0.5, 0.6) is 0 Å². The number of aromatic nitrogens is 1. The van der Waals surface area contributed by atoms with Crippen molar-refractivity contribution >= 4 is 28.5 Å². The van der Waals surface area contributed by atoms with Crippen LogP contribution in [-0.2, 0) is 12.7 Å². The number of carboxylic acids is 1. The van der Waals surface area contributed by atoms with Gasteiger partial charge in [0, 0.05) is 22.1 Å². The van der Waals surface area contributed by atoms with E-state index in [0.29, 0.717) is 40.8 Å². The fraction of sp³-hybridized carbons (Fsp3) is 0.182. The van der Waals surface area contributed by atoms with Crippen molar-refractivity contribution in [3.63, 3.8) is 0 Å². The molecule has 0 radical (unpaired) electrons. The molecule has 0 saturated heterocycles. The molecular formula is C22H17F3N2O2. The number of hydrogen-bond donors (Lipinski definition) is 1. The number of quaternary nitrogens is 1. The van der Waals surface area contributed by atoms with Crippen molar-refractivity contribution in [1.29, 1.82) is 0 Å². The van der Waals surface area contributed by atoms with E-state index in [1.807, 2.05) is 7.05 Å². The number of carbonyl (C=O) groups excluding carboxylic acids is 1. The molecule has 1 unspecified atom stereocenters. The monoisotopic (exact) mass is 398 g/mol. The standard InChI is InChI=1S/C22H17F3N2O2/c1-27-11-14(10-13-6-2-4-8-17(13)22(23,24)25)20-16(12-27)19(21(28)29)15-7-3-5-9-18(15)26-20/h2-10H,11-12H2,1H3,(H,28,29)/b14-10+. The number of carbonyl (C=O) groups is 1. The Morgan fingerprint density at radius 1 is 1.10 bits per heavy atom. The molecule has 3 aromatic rings. The third kappa shape index (κ3) is 3.49. The minimum Gasteiger partial charge on any atom is -0.545 e. The summed E-state index contributed by atoms with van der Waals surface area (Å²) in [6.45, 7) is 0.825. The van der Waals surface area contributed by atoms with Gasteiger partial charge in [-0.25, -0.2) is 4.98 Å². The molecule has 1 atom stereocenters. The zero-order valence-corrected chi connectivity index (χ0v) is 15.5. The lowest BCUT2D eigenvalue weighted by molar-refractivity contribution is -0.887.